The molecule has 0 bridgehead atoms. The van der Waals surface area contributed by atoms with Gasteiger partial charge in [-0.1, -0.05) is 13.8 Å². The maximum atomic E-state index is 11.6. The van der Waals surface area contributed by atoms with Gasteiger partial charge in [0.15, 0.2) is 17.3 Å². The third-order valence-corrected chi connectivity index (χ3v) is 2.30. The number of carbonyl (C=O) groups is 2. The molecule has 1 aromatic rings. The van der Waals surface area contributed by atoms with Gasteiger partial charge >= 0.3 is 0 Å². The Bertz CT molecular complexity index is 440. The third kappa shape index (κ3) is 3.48. The fraction of sp³-hybridized carbons (Fsp3) is 0.333. The Morgan fingerprint density at radius 2 is 1.88 bits per heavy atom. The summed E-state index contributed by atoms with van der Waals surface area (Å²) < 4.78 is 0. The number of Topliss-reactive ketones (excluding diaryl/α,β-unsaturated/α-hetero) is 1. The minimum Gasteiger partial charge on any atom is -0.504 e. The maximum Gasteiger partial charge on any atom is 0.251 e. The molecule has 0 saturated heterocycles. The molecule has 1 amide bonds. The molecule has 0 aliphatic heterocycles. The smallest absolute Gasteiger partial charge is 0.251 e. The molecule has 0 aliphatic carbocycles. The average molecular weight is 237 g/mol. The summed E-state index contributed by atoms with van der Waals surface area (Å²) >= 11 is 0. The molecule has 17 heavy (non-hydrogen) atoms. The van der Waals surface area contributed by atoms with Crippen LogP contribution >= 0.6 is 0 Å². The van der Waals surface area contributed by atoms with E-state index in [1.54, 1.807) is 13.8 Å². The summed E-state index contributed by atoms with van der Waals surface area (Å²) in [5.74, 6) is -1.33. The summed E-state index contributed by atoms with van der Waals surface area (Å²) in [6.45, 7) is 3.46. The Labute approximate surface area is 99.1 Å². The zero-order valence-electron chi connectivity index (χ0n) is 9.73. The van der Waals surface area contributed by atoms with Gasteiger partial charge in [-0.15, -0.1) is 0 Å². The molecule has 0 spiro atoms. The summed E-state index contributed by atoms with van der Waals surface area (Å²) in [7, 11) is 0. The number of carbonyl (C=O) groups excluding carboxylic acids is 2. The van der Waals surface area contributed by atoms with Crippen LogP contribution in [0.5, 0.6) is 11.5 Å². The predicted octanol–water partition coefficient (Wildman–Crippen LogP) is 1.05. The highest BCUT2D eigenvalue weighted by molar-refractivity contribution is 5.97. The highest BCUT2D eigenvalue weighted by Gasteiger charge is 2.12. The van der Waals surface area contributed by atoms with E-state index in [4.69, 9.17) is 5.11 Å². The van der Waals surface area contributed by atoms with Crippen LogP contribution in [0.25, 0.3) is 0 Å². The van der Waals surface area contributed by atoms with Crippen molar-refractivity contribution in [3.63, 3.8) is 0 Å². The molecule has 92 valence electrons. The second-order valence-corrected chi connectivity index (χ2v) is 4.01. The van der Waals surface area contributed by atoms with Gasteiger partial charge in [0.05, 0.1) is 6.54 Å². The third-order valence-electron chi connectivity index (χ3n) is 2.30. The molecule has 5 nitrogen and oxygen atoms in total. The Morgan fingerprint density at radius 3 is 2.41 bits per heavy atom. The van der Waals surface area contributed by atoms with Crippen molar-refractivity contribution >= 4 is 11.7 Å². The van der Waals surface area contributed by atoms with Crippen molar-refractivity contribution in [3.8, 4) is 11.5 Å². The average Bonchev–Trinajstić information content (AvgIpc) is 2.28. The van der Waals surface area contributed by atoms with Crippen LogP contribution in [0.1, 0.15) is 24.2 Å². The van der Waals surface area contributed by atoms with E-state index in [9.17, 15) is 14.7 Å². The number of hydrogen-bond donors (Lipinski definition) is 3. The molecule has 0 aliphatic rings. The second-order valence-electron chi connectivity index (χ2n) is 4.01. The number of aromatic hydroxyl groups is 2. The topological polar surface area (TPSA) is 86.6 Å². The summed E-state index contributed by atoms with van der Waals surface area (Å²) in [6, 6.07) is 3.73. The van der Waals surface area contributed by atoms with Crippen molar-refractivity contribution in [1.29, 1.82) is 0 Å². The summed E-state index contributed by atoms with van der Waals surface area (Å²) in [5.41, 5.74) is 0.192. The molecule has 3 N–H and O–H groups in total. The van der Waals surface area contributed by atoms with Crippen molar-refractivity contribution in [2.75, 3.05) is 6.54 Å². The van der Waals surface area contributed by atoms with Crippen LogP contribution < -0.4 is 5.32 Å². The molecule has 5 heteroatoms. The summed E-state index contributed by atoms with van der Waals surface area (Å²) in [5, 5.41) is 20.7. The van der Waals surface area contributed by atoms with Gasteiger partial charge < -0.3 is 15.5 Å². The molecule has 1 rings (SSSR count). The number of ketones is 1. The summed E-state index contributed by atoms with van der Waals surface area (Å²) in [6.07, 6.45) is 0. The van der Waals surface area contributed by atoms with Gasteiger partial charge in [0.1, 0.15) is 0 Å². The standard InChI is InChI=1S/C12H15NO4/c1-7(2)11(16)6-13-12(17)8-3-4-9(14)10(15)5-8/h3-5,7,14-15H,6H2,1-2H3,(H,13,17). The number of phenols is 2. The first kappa shape index (κ1) is 13.0. The fourth-order valence-electron chi connectivity index (χ4n) is 1.14. The van der Waals surface area contributed by atoms with Crippen LogP contribution in [0.4, 0.5) is 0 Å². The Kier molecular flexibility index (Phi) is 4.09. The Balaban J connectivity index is 2.64. The molecule has 0 radical (unpaired) electrons. The van der Waals surface area contributed by atoms with E-state index >= 15 is 0 Å². The van der Waals surface area contributed by atoms with Crippen molar-refractivity contribution < 1.29 is 19.8 Å². The van der Waals surface area contributed by atoms with Crippen molar-refractivity contribution in [2.45, 2.75) is 13.8 Å². The van der Waals surface area contributed by atoms with Gasteiger partial charge in [0.25, 0.3) is 5.91 Å². The van der Waals surface area contributed by atoms with Gasteiger partial charge in [0.2, 0.25) is 0 Å². The lowest BCUT2D eigenvalue weighted by molar-refractivity contribution is -0.120. The fourth-order valence-corrected chi connectivity index (χ4v) is 1.14. The van der Waals surface area contributed by atoms with E-state index in [1.165, 1.54) is 12.1 Å². The number of phenolic OH excluding ortho intramolecular Hbond substituents is 2. The first-order chi connectivity index (χ1) is 7.91. The number of benzene rings is 1. The van der Waals surface area contributed by atoms with E-state index in [-0.39, 0.29) is 35.3 Å². The van der Waals surface area contributed by atoms with Gasteiger partial charge in [-0.05, 0) is 18.2 Å². The highest BCUT2D eigenvalue weighted by Crippen LogP contribution is 2.24. The molecule has 0 atom stereocenters. The quantitative estimate of drug-likeness (QED) is 0.683. The zero-order chi connectivity index (χ0) is 13.0. The molecule has 0 fully saturated rings. The van der Waals surface area contributed by atoms with E-state index in [0.29, 0.717) is 0 Å². The highest BCUT2D eigenvalue weighted by atomic mass is 16.3. The molecule has 0 unspecified atom stereocenters. The van der Waals surface area contributed by atoms with Crippen molar-refractivity contribution in [3.05, 3.63) is 23.8 Å². The Hall–Kier alpha value is -2.04. The van der Waals surface area contributed by atoms with Crippen LogP contribution in [0.15, 0.2) is 18.2 Å². The monoisotopic (exact) mass is 237 g/mol. The first-order valence-corrected chi connectivity index (χ1v) is 5.24. The Morgan fingerprint density at radius 1 is 1.24 bits per heavy atom. The van der Waals surface area contributed by atoms with E-state index in [1.807, 2.05) is 0 Å². The van der Waals surface area contributed by atoms with Gasteiger partial charge in [-0.2, -0.15) is 0 Å². The predicted molar refractivity (Wildman–Crippen MR) is 61.9 cm³/mol. The number of rotatable bonds is 4. The lowest BCUT2D eigenvalue weighted by Gasteiger charge is -2.07. The minimum atomic E-state index is -0.464. The van der Waals surface area contributed by atoms with Crippen molar-refractivity contribution in [1.82, 2.24) is 5.32 Å². The first-order valence-electron chi connectivity index (χ1n) is 5.24. The molecule has 0 saturated carbocycles. The molecule has 0 heterocycles. The van der Waals surface area contributed by atoms with Gasteiger partial charge in [0, 0.05) is 11.5 Å². The van der Waals surface area contributed by atoms with E-state index < -0.39 is 5.91 Å². The van der Waals surface area contributed by atoms with E-state index in [2.05, 4.69) is 5.32 Å². The molecular formula is C12H15NO4. The van der Waals surface area contributed by atoms with Crippen LogP contribution in [-0.4, -0.2) is 28.4 Å². The number of nitrogens with one attached hydrogen (secondary N) is 1. The van der Waals surface area contributed by atoms with E-state index in [0.717, 1.165) is 6.07 Å². The molecule has 0 aromatic heterocycles. The van der Waals surface area contributed by atoms with Crippen LogP contribution in [0, 0.1) is 5.92 Å². The molecule has 1 aromatic carbocycles. The lowest BCUT2D eigenvalue weighted by Crippen LogP contribution is -2.31. The van der Waals surface area contributed by atoms with Crippen LogP contribution in [0.3, 0.4) is 0 Å². The lowest BCUT2D eigenvalue weighted by atomic mass is 10.1. The number of amides is 1. The van der Waals surface area contributed by atoms with Crippen LogP contribution in [-0.2, 0) is 4.79 Å². The van der Waals surface area contributed by atoms with Gasteiger partial charge in [-0.25, -0.2) is 0 Å². The normalized spacial score (nSPS) is 10.3. The van der Waals surface area contributed by atoms with Crippen LogP contribution in [0.2, 0.25) is 0 Å². The summed E-state index contributed by atoms with van der Waals surface area (Å²) in [4.78, 5) is 22.9. The largest absolute Gasteiger partial charge is 0.504 e. The second kappa shape index (κ2) is 5.34. The van der Waals surface area contributed by atoms with Gasteiger partial charge in [-0.3, -0.25) is 9.59 Å². The SMILES string of the molecule is CC(C)C(=O)CNC(=O)c1ccc(O)c(O)c1. The zero-order valence-corrected chi connectivity index (χ0v) is 9.73. The van der Waals surface area contributed by atoms with Crippen molar-refractivity contribution in [2.24, 2.45) is 5.92 Å². The maximum absolute atomic E-state index is 11.6. The minimum absolute atomic E-state index is 0.0435. The molecular weight excluding hydrogens is 222 g/mol. The number of hydrogen-bond acceptors (Lipinski definition) is 4.